The first-order valence-corrected chi connectivity index (χ1v) is 9.50. The van der Waals surface area contributed by atoms with Crippen molar-refractivity contribution in [1.82, 2.24) is 0 Å². The van der Waals surface area contributed by atoms with Gasteiger partial charge in [-0.2, -0.15) is 0 Å². The van der Waals surface area contributed by atoms with Crippen LogP contribution in [-0.4, -0.2) is 17.7 Å². The Morgan fingerprint density at radius 1 is 0.700 bits per heavy atom. The lowest BCUT2D eigenvalue weighted by molar-refractivity contribution is 0.0925. The van der Waals surface area contributed by atoms with Gasteiger partial charge in [0.1, 0.15) is 0 Å². The molecule has 0 bridgehead atoms. The van der Waals surface area contributed by atoms with E-state index in [9.17, 15) is 14.4 Å². The van der Waals surface area contributed by atoms with Gasteiger partial charge in [0.2, 0.25) is 0 Å². The van der Waals surface area contributed by atoms with E-state index in [1.54, 1.807) is 30.3 Å². The van der Waals surface area contributed by atoms with Gasteiger partial charge in [0, 0.05) is 16.6 Å². The van der Waals surface area contributed by atoms with Crippen LogP contribution in [0.4, 0.5) is 11.4 Å². The van der Waals surface area contributed by atoms with Crippen molar-refractivity contribution in [2.24, 2.45) is 0 Å². The van der Waals surface area contributed by atoms with E-state index in [1.807, 2.05) is 48.5 Å². The molecule has 0 unspecified atom stereocenters. The summed E-state index contributed by atoms with van der Waals surface area (Å²) in [6, 6.07) is 26.8. The van der Waals surface area contributed by atoms with Crippen molar-refractivity contribution in [2.75, 3.05) is 10.2 Å². The zero-order chi connectivity index (χ0) is 20.7. The lowest BCUT2D eigenvalue weighted by Crippen LogP contribution is -2.29. The van der Waals surface area contributed by atoms with Gasteiger partial charge in [0.05, 0.1) is 16.8 Å². The molecule has 0 fully saturated rings. The molecule has 144 valence electrons. The largest absolute Gasteiger partial charge is 0.321 e. The van der Waals surface area contributed by atoms with E-state index in [0.29, 0.717) is 22.5 Å². The summed E-state index contributed by atoms with van der Waals surface area (Å²) in [4.78, 5) is 39.6. The molecule has 0 spiro atoms. The Hall–Kier alpha value is -4.25. The van der Waals surface area contributed by atoms with Crippen molar-refractivity contribution in [2.45, 2.75) is 0 Å². The number of hydrogen-bond acceptors (Lipinski definition) is 3. The standard InChI is InChI=1S/C25H16N2O3/c28-23(26-22-12-6-8-16-7-4-5-11-19(16)22)17-13-14-20-21(15-17)25(30)27(24(20)29)18-9-2-1-3-10-18/h1-15H,(H,26,28). The number of para-hydroxylation sites is 1. The fraction of sp³-hybridized carbons (Fsp3) is 0. The monoisotopic (exact) mass is 392 g/mol. The molecule has 5 heteroatoms. The number of carbonyl (C=O) groups is 3. The van der Waals surface area contributed by atoms with E-state index >= 15 is 0 Å². The molecule has 1 N–H and O–H groups in total. The molecule has 1 heterocycles. The highest BCUT2D eigenvalue weighted by Gasteiger charge is 2.37. The quantitative estimate of drug-likeness (QED) is 0.505. The summed E-state index contributed by atoms with van der Waals surface area (Å²) in [7, 11) is 0. The lowest BCUT2D eigenvalue weighted by atomic mass is 10.0. The number of nitrogens with one attached hydrogen (secondary N) is 1. The molecule has 0 aromatic heterocycles. The highest BCUT2D eigenvalue weighted by atomic mass is 16.2. The number of fused-ring (bicyclic) bond motifs is 2. The Kier molecular flexibility index (Phi) is 4.14. The van der Waals surface area contributed by atoms with Gasteiger partial charge in [-0.05, 0) is 41.8 Å². The average Bonchev–Trinajstić information content (AvgIpc) is 3.04. The topological polar surface area (TPSA) is 66.5 Å². The summed E-state index contributed by atoms with van der Waals surface area (Å²) in [5.41, 5.74) is 2.04. The van der Waals surface area contributed by atoms with Crippen molar-refractivity contribution >= 4 is 39.9 Å². The van der Waals surface area contributed by atoms with Crippen molar-refractivity contribution in [1.29, 1.82) is 0 Å². The van der Waals surface area contributed by atoms with Gasteiger partial charge in [-0.25, -0.2) is 4.90 Å². The number of carbonyl (C=O) groups excluding carboxylic acids is 3. The molecule has 3 amide bonds. The number of nitrogens with zero attached hydrogens (tertiary/aromatic N) is 1. The van der Waals surface area contributed by atoms with Gasteiger partial charge in [-0.1, -0.05) is 54.6 Å². The lowest BCUT2D eigenvalue weighted by Gasteiger charge is -2.13. The SMILES string of the molecule is O=C(Nc1cccc2ccccc12)c1ccc2c(c1)C(=O)N(c1ccccc1)C2=O. The summed E-state index contributed by atoms with van der Waals surface area (Å²) in [6.45, 7) is 0. The van der Waals surface area contributed by atoms with Gasteiger partial charge in [-0.3, -0.25) is 14.4 Å². The van der Waals surface area contributed by atoms with E-state index < -0.39 is 5.91 Å². The zero-order valence-corrected chi connectivity index (χ0v) is 15.8. The minimum Gasteiger partial charge on any atom is -0.321 e. The van der Waals surface area contributed by atoms with Gasteiger partial charge < -0.3 is 5.32 Å². The van der Waals surface area contributed by atoms with Crippen LogP contribution in [0.2, 0.25) is 0 Å². The molecule has 30 heavy (non-hydrogen) atoms. The third-order valence-corrected chi connectivity index (χ3v) is 5.20. The van der Waals surface area contributed by atoms with Crippen LogP contribution in [0.15, 0.2) is 91.0 Å². The number of rotatable bonds is 3. The summed E-state index contributed by atoms with van der Waals surface area (Å²) in [5, 5.41) is 4.86. The van der Waals surface area contributed by atoms with Crippen LogP contribution in [0.1, 0.15) is 31.1 Å². The van der Waals surface area contributed by atoms with E-state index in [2.05, 4.69) is 5.32 Å². The molecule has 5 nitrogen and oxygen atoms in total. The maximum atomic E-state index is 12.9. The molecule has 4 aromatic carbocycles. The van der Waals surface area contributed by atoms with Crippen LogP contribution in [0.3, 0.4) is 0 Å². The second-order valence-corrected chi connectivity index (χ2v) is 7.02. The maximum absolute atomic E-state index is 12.9. The number of benzene rings is 4. The first-order chi connectivity index (χ1) is 14.6. The maximum Gasteiger partial charge on any atom is 0.266 e. The fourth-order valence-corrected chi connectivity index (χ4v) is 3.72. The Morgan fingerprint density at radius 3 is 2.23 bits per heavy atom. The smallest absolute Gasteiger partial charge is 0.266 e. The van der Waals surface area contributed by atoms with Crippen molar-refractivity contribution < 1.29 is 14.4 Å². The predicted molar refractivity (Wildman–Crippen MR) is 116 cm³/mol. The van der Waals surface area contributed by atoms with Crippen molar-refractivity contribution in [3.8, 4) is 0 Å². The summed E-state index contributed by atoms with van der Waals surface area (Å²) >= 11 is 0. The molecule has 1 aliphatic rings. The highest BCUT2D eigenvalue weighted by Crippen LogP contribution is 2.29. The average molecular weight is 392 g/mol. The second kappa shape index (κ2) is 6.97. The molecule has 0 saturated carbocycles. The van der Waals surface area contributed by atoms with Crippen LogP contribution in [-0.2, 0) is 0 Å². The number of imide groups is 1. The Balaban J connectivity index is 1.47. The molecule has 4 aromatic rings. The molecule has 0 radical (unpaired) electrons. The minimum atomic E-state index is -0.430. The van der Waals surface area contributed by atoms with Gasteiger partial charge in [0.25, 0.3) is 17.7 Å². The van der Waals surface area contributed by atoms with Crippen LogP contribution in [0, 0.1) is 0 Å². The van der Waals surface area contributed by atoms with Crippen molar-refractivity contribution in [3.05, 3.63) is 108 Å². The zero-order valence-electron chi connectivity index (χ0n) is 15.8. The predicted octanol–water partition coefficient (Wildman–Crippen LogP) is 4.89. The third kappa shape index (κ3) is 2.84. The molecular formula is C25H16N2O3. The number of hydrogen-bond donors (Lipinski definition) is 1. The Morgan fingerprint density at radius 2 is 1.40 bits per heavy atom. The Bertz CT molecular complexity index is 1320. The third-order valence-electron chi connectivity index (χ3n) is 5.20. The summed E-state index contributed by atoms with van der Waals surface area (Å²) < 4.78 is 0. The molecule has 5 rings (SSSR count). The molecule has 0 saturated heterocycles. The second-order valence-electron chi connectivity index (χ2n) is 7.02. The van der Waals surface area contributed by atoms with E-state index in [1.165, 1.54) is 12.1 Å². The van der Waals surface area contributed by atoms with E-state index in [4.69, 9.17) is 0 Å². The molecular weight excluding hydrogens is 376 g/mol. The van der Waals surface area contributed by atoms with E-state index in [0.717, 1.165) is 15.7 Å². The van der Waals surface area contributed by atoms with Crippen LogP contribution < -0.4 is 10.2 Å². The van der Waals surface area contributed by atoms with Crippen molar-refractivity contribution in [3.63, 3.8) is 0 Å². The van der Waals surface area contributed by atoms with E-state index in [-0.39, 0.29) is 17.4 Å². The van der Waals surface area contributed by atoms with Crippen LogP contribution in [0.5, 0.6) is 0 Å². The highest BCUT2D eigenvalue weighted by molar-refractivity contribution is 6.34. The van der Waals surface area contributed by atoms with Gasteiger partial charge in [0.15, 0.2) is 0 Å². The number of anilines is 2. The van der Waals surface area contributed by atoms with Gasteiger partial charge in [-0.15, -0.1) is 0 Å². The van der Waals surface area contributed by atoms with Crippen LogP contribution >= 0.6 is 0 Å². The fourth-order valence-electron chi connectivity index (χ4n) is 3.72. The Labute approximate surface area is 172 Å². The van der Waals surface area contributed by atoms with Crippen LogP contribution in [0.25, 0.3) is 10.8 Å². The molecule has 1 aliphatic heterocycles. The summed E-state index contributed by atoms with van der Waals surface area (Å²) in [5.74, 6) is -1.16. The first kappa shape index (κ1) is 17.8. The summed E-state index contributed by atoms with van der Waals surface area (Å²) in [6.07, 6.45) is 0. The minimum absolute atomic E-state index is 0.231. The molecule has 0 aliphatic carbocycles. The molecule has 0 atom stereocenters. The normalized spacial score (nSPS) is 12.9. The number of amides is 3. The first-order valence-electron chi connectivity index (χ1n) is 9.50. The van der Waals surface area contributed by atoms with Gasteiger partial charge >= 0.3 is 0 Å².